The topological polar surface area (TPSA) is 34.9 Å². The molecular formula is C13H16N2OS. The summed E-state index contributed by atoms with van der Waals surface area (Å²) in [6.45, 7) is 6.70. The fourth-order valence-corrected chi connectivity index (χ4v) is 2.27. The zero-order chi connectivity index (χ0) is 12.4. The lowest BCUT2D eigenvalue weighted by atomic mass is 10.1. The highest BCUT2D eigenvalue weighted by Gasteiger charge is 2.04. The highest BCUT2D eigenvalue weighted by Crippen LogP contribution is 2.12. The summed E-state index contributed by atoms with van der Waals surface area (Å²) in [5.41, 5.74) is 2.08. The molecule has 0 radical (unpaired) electrons. The molecule has 0 bridgehead atoms. The fourth-order valence-electron chi connectivity index (χ4n) is 1.67. The molecule has 0 amide bonds. The van der Waals surface area contributed by atoms with Crippen molar-refractivity contribution in [1.82, 2.24) is 9.55 Å². The molecule has 90 valence electrons. The van der Waals surface area contributed by atoms with Crippen LogP contribution in [0.5, 0.6) is 0 Å². The molecule has 2 rings (SSSR count). The Kier molecular flexibility index (Phi) is 3.43. The van der Waals surface area contributed by atoms with Gasteiger partial charge in [-0.1, -0.05) is 13.8 Å². The van der Waals surface area contributed by atoms with Gasteiger partial charge < -0.3 is 4.57 Å². The number of nitrogens with zero attached hydrogens (tertiary/aromatic N) is 2. The van der Waals surface area contributed by atoms with E-state index in [1.54, 1.807) is 22.0 Å². The van der Waals surface area contributed by atoms with Gasteiger partial charge in [0.2, 0.25) is 0 Å². The molecule has 0 saturated heterocycles. The van der Waals surface area contributed by atoms with E-state index >= 15 is 0 Å². The van der Waals surface area contributed by atoms with E-state index in [9.17, 15) is 4.79 Å². The molecule has 0 atom stereocenters. The summed E-state index contributed by atoms with van der Waals surface area (Å²) in [6.07, 6.45) is 1.85. The molecule has 0 saturated carbocycles. The molecule has 3 nitrogen and oxygen atoms in total. The van der Waals surface area contributed by atoms with Crippen LogP contribution in [0.1, 0.15) is 36.0 Å². The molecule has 0 fully saturated rings. The van der Waals surface area contributed by atoms with Crippen LogP contribution in [0, 0.1) is 6.92 Å². The smallest absolute Gasteiger partial charge is 0.251 e. The normalized spacial score (nSPS) is 11.1. The van der Waals surface area contributed by atoms with E-state index in [-0.39, 0.29) is 5.56 Å². The molecule has 17 heavy (non-hydrogen) atoms. The van der Waals surface area contributed by atoms with Gasteiger partial charge in [-0.25, -0.2) is 4.98 Å². The third-order valence-corrected chi connectivity index (χ3v) is 3.51. The second-order valence-corrected chi connectivity index (χ2v) is 5.50. The van der Waals surface area contributed by atoms with Crippen molar-refractivity contribution in [3.8, 4) is 0 Å². The number of aryl methyl sites for hydroxylation is 1. The Labute approximate surface area is 105 Å². The Hall–Kier alpha value is -1.42. The van der Waals surface area contributed by atoms with Crippen LogP contribution in [0.25, 0.3) is 0 Å². The van der Waals surface area contributed by atoms with Crippen LogP contribution in [0.3, 0.4) is 0 Å². The lowest BCUT2D eigenvalue weighted by Crippen LogP contribution is -2.20. The van der Waals surface area contributed by atoms with Crippen molar-refractivity contribution in [3.63, 3.8) is 0 Å². The Balaban J connectivity index is 2.25. The van der Waals surface area contributed by atoms with Crippen LogP contribution in [0.2, 0.25) is 0 Å². The average Bonchev–Trinajstić information content (AvgIpc) is 2.67. The second kappa shape index (κ2) is 4.84. The average molecular weight is 248 g/mol. The minimum Gasteiger partial charge on any atom is -0.309 e. The van der Waals surface area contributed by atoms with E-state index < -0.39 is 0 Å². The lowest BCUT2D eigenvalue weighted by molar-refractivity contribution is 0.731. The molecule has 0 aliphatic carbocycles. The van der Waals surface area contributed by atoms with Crippen molar-refractivity contribution in [1.29, 1.82) is 0 Å². The van der Waals surface area contributed by atoms with Crippen LogP contribution in [0.15, 0.2) is 28.5 Å². The van der Waals surface area contributed by atoms with Gasteiger partial charge in [0, 0.05) is 17.6 Å². The van der Waals surface area contributed by atoms with Gasteiger partial charge in [-0.3, -0.25) is 4.79 Å². The summed E-state index contributed by atoms with van der Waals surface area (Å²) in [4.78, 5) is 16.3. The Bertz CT molecular complexity index is 569. The number of pyridine rings is 1. The van der Waals surface area contributed by atoms with E-state index in [0.717, 1.165) is 16.3 Å². The van der Waals surface area contributed by atoms with Crippen LogP contribution >= 0.6 is 11.3 Å². The zero-order valence-electron chi connectivity index (χ0n) is 10.3. The summed E-state index contributed by atoms with van der Waals surface area (Å²) in [6, 6.07) is 3.72. The minimum absolute atomic E-state index is 0.0434. The van der Waals surface area contributed by atoms with Crippen molar-refractivity contribution in [2.45, 2.75) is 33.2 Å². The summed E-state index contributed by atoms with van der Waals surface area (Å²) < 4.78 is 1.69. The standard InChI is InChI=1S/C13H16N2OS/c1-9(2)11-4-5-15(13(16)6-11)7-12-8-17-10(3)14-12/h4-6,8-9H,7H2,1-3H3. The van der Waals surface area contributed by atoms with E-state index in [4.69, 9.17) is 0 Å². The molecule has 0 aliphatic rings. The van der Waals surface area contributed by atoms with Crippen molar-refractivity contribution in [2.24, 2.45) is 0 Å². The van der Waals surface area contributed by atoms with Gasteiger partial charge in [0.25, 0.3) is 5.56 Å². The molecule has 0 aliphatic heterocycles. The molecule has 2 heterocycles. The first-order valence-electron chi connectivity index (χ1n) is 5.67. The maximum Gasteiger partial charge on any atom is 0.251 e. The zero-order valence-corrected chi connectivity index (χ0v) is 11.1. The van der Waals surface area contributed by atoms with E-state index in [2.05, 4.69) is 18.8 Å². The first-order valence-corrected chi connectivity index (χ1v) is 6.55. The number of hydrogen-bond donors (Lipinski definition) is 0. The summed E-state index contributed by atoms with van der Waals surface area (Å²) in [5, 5.41) is 3.03. The first kappa shape index (κ1) is 12.0. The molecular weight excluding hydrogens is 232 g/mol. The van der Waals surface area contributed by atoms with Gasteiger partial charge in [-0.05, 0) is 24.5 Å². The first-order chi connectivity index (χ1) is 8.06. The molecule has 0 aromatic carbocycles. The maximum absolute atomic E-state index is 11.9. The SMILES string of the molecule is Cc1nc(Cn2ccc(C(C)C)cc2=O)cs1. The quantitative estimate of drug-likeness (QED) is 0.837. The lowest BCUT2D eigenvalue weighted by Gasteiger charge is -2.07. The molecule has 0 N–H and O–H groups in total. The molecule has 2 aromatic rings. The van der Waals surface area contributed by atoms with Crippen LogP contribution < -0.4 is 5.56 Å². The van der Waals surface area contributed by atoms with Gasteiger partial charge in [0.05, 0.1) is 17.2 Å². The van der Waals surface area contributed by atoms with Crippen molar-refractivity contribution >= 4 is 11.3 Å². The van der Waals surface area contributed by atoms with Gasteiger partial charge in [-0.2, -0.15) is 0 Å². The minimum atomic E-state index is 0.0434. The summed E-state index contributed by atoms with van der Waals surface area (Å²) in [5.74, 6) is 0.388. The van der Waals surface area contributed by atoms with Gasteiger partial charge in [-0.15, -0.1) is 11.3 Å². The highest BCUT2D eigenvalue weighted by molar-refractivity contribution is 7.09. The molecule has 4 heteroatoms. The number of thiazole rings is 1. The van der Waals surface area contributed by atoms with Crippen molar-refractivity contribution in [2.75, 3.05) is 0 Å². The Morgan fingerprint density at radius 3 is 2.76 bits per heavy atom. The van der Waals surface area contributed by atoms with E-state index in [1.165, 1.54) is 0 Å². The highest BCUT2D eigenvalue weighted by atomic mass is 32.1. The third kappa shape index (κ3) is 2.82. The van der Waals surface area contributed by atoms with Gasteiger partial charge in [0.15, 0.2) is 0 Å². The van der Waals surface area contributed by atoms with E-state index in [0.29, 0.717) is 12.5 Å². The number of aromatic nitrogens is 2. The molecule has 0 spiro atoms. The number of hydrogen-bond acceptors (Lipinski definition) is 3. The van der Waals surface area contributed by atoms with E-state index in [1.807, 2.05) is 24.6 Å². The molecule has 0 unspecified atom stereocenters. The van der Waals surface area contributed by atoms with Gasteiger partial charge in [0.1, 0.15) is 0 Å². The third-order valence-electron chi connectivity index (χ3n) is 2.69. The second-order valence-electron chi connectivity index (χ2n) is 4.44. The maximum atomic E-state index is 11.9. The molecule has 2 aromatic heterocycles. The fraction of sp³-hybridized carbons (Fsp3) is 0.385. The summed E-state index contributed by atoms with van der Waals surface area (Å²) in [7, 11) is 0. The van der Waals surface area contributed by atoms with Gasteiger partial charge >= 0.3 is 0 Å². The predicted octanol–water partition coefficient (Wildman–Crippen LogP) is 2.78. The van der Waals surface area contributed by atoms with Crippen LogP contribution in [-0.4, -0.2) is 9.55 Å². The van der Waals surface area contributed by atoms with Crippen LogP contribution in [-0.2, 0) is 6.54 Å². The van der Waals surface area contributed by atoms with Crippen LogP contribution in [0.4, 0.5) is 0 Å². The van der Waals surface area contributed by atoms with Crippen molar-refractivity contribution in [3.05, 3.63) is 50.3 Å². The number of rotatable bonds is 3. The summed E-state index contributed by atoms with van der Waals surface area (Å²) >= 11 is 1.61. The van der Waals surface area contributed by atoms with Crippen molar-refractivity contribution < 1.29 is 0 Å². The monoisotopic (exact) mass is 248 g/mol. The Morgan fingerprint density at radius 2 is 2.24 bits per heavy atom. The predicted molar refractivity (Wildman–Crippen MR) is 70.7 cm³/mol. The largest absolute Gasteiger partial charge is 0.309 e. The Morgan fingerprint density at radius 1 is 1.47 bits per heavy atom.